The van der Waals surface area contributed by atoms with Crippen LogP contribution in [0.1, 0.15) is 22.7 Å². The lowest BCUT2D eigenvalue weighted by Gasteiger charge is -2.14. The van der Waals surface area contributed by atoms with Gasteiger partial charge in [-0.1, -0.05) is 24.3 Å². The summed E-state index contributed by atoms with van der Waals surface area (Å²) in [6, 6.07) is 12.1. The van der Waals surface area contributed by atoms with E-state index in [0.29, 0.717) is 5.56 Å². The molecule has 1 nitrogen and oxygen atoms in total. The van der Waals surface area contributed by atoms with Crippen LogP contribution in [-0.4, -0.2) is 0 Å². The molecule has 19 heavy (non-hydrogen) atoms. The molecule has 2 rings (SSSR count). The van der Waals surface area contributed by atoms with Crippen LogP contribution in [0.25, 0.3) is 0 Å². The molecule has 0 saturated carbocycles. The summed E-state index contributed by atoms with van der Waals surface area (Å²) in [6.45, 7) is 0. The van der Waals surface area contributed by atoms with Gasteiger partial charge in [0.25, 0.3) is 0 Å². The normalized spacial score (nSPS) is 13.3. The van der Waals surface area contributed by atoms with Crippen LogP contribution in [-0.2, 0) is 6.18 Å². The molecule has 2 aromatic rings. The molecule has 0 aromatic heterocycles. The topological polar surface area (TPSA) is 26.0 Å². The van der Waals surface area contributed by atoms with Crippen molar-refractivity contribution >= 4 is 22.6 Å². The highest BCUT2D eigenvalue weighted by Crippen LogP contribution is 2.30. The summed E-state index contributed by atoms with van der Waals surface area (Å²) in [7, 11) is 0. The van der Waals surface area contributed by atoms with E-state index in [4.69, 9.17) is 5.73 Å². The van der Waals surface area contributed by atoms with Crippen LogP contribution in [0.2, 0.25) is 0 Å². The van der Waals surface area contributed by atoms with E-state index in [9.17, 15) is 13.2 Å². The molecule has 2 aromatic carbocycles. The molecule has 0 saturated heterocycles. The van der Waals surface area contributed by atoms with Crippen molar-refractivity contribution in [2.75, 3.05) is 0 Å². The summed E-state index contributed by atoms with van der Waals surface area (Å²) >= 11 is 2.18. The largest absolute Gasteiger partial charge is 0.416 e. The third kappa shape index (κ3) is 3.48. The van der Waals surface area contributed by atoms with Crippen molar-refractivity contribution in [2.24, 2.45) is 5.73 Å². The van der Waals surface area contributed by atoms with E-state index in [1.165, 1.54) is 12.1 Å². The Kier molecular flexibility index (Phi) is 4.15. The first-order valence-corrected chi connectivity index (χ1v) is 6.64. The van der Waals surface area contributed by atoms with Crippen LogP contribution >= 0.6 is 22.6 Å². The van der Waals surface area contributed by atoms with Gasteiger partial charge in [-0.3, -0.25) is 0 Å². The summed E-state index contributed by atoms with van der Waals surface area (Å²) in [4.78, 5) is 0. The summed E-state index contributed by atoms with van der Waals surface area (Å²) in [5.74, 6) is 0. The minimum absolute atomic E-state index is 0.417. The van der Waals surface area contributed by atoms with Crippen LogP contribution in [0.15, 0.2) is 48.5 Å². The second-order valence-corrected chi connectivity index (χ2v) is 5.39. The van der Waals surface area contributed by atoms with E-state index in [2.05, 4.69) is 22.6 Å². The highest BCUT2D eigenvalue weighted by Gasteiger charge is 2.30. The fraction of sp³-hybridized carbons (Fsp3) is 0.143. The second-order valence-electron chi connectivity index (χ2n) is 4.15. The Bertz CT molecular complexity index is 546. The molecule has 0 amide bonds. The fourth-order valence-electron chi connectivity index (χ4n) is 1.74. The molecule has 5 heteroatoms. The number of alkyl halides is 3. The summed E-state index contributed by atoms with van der Waals surface area (Å²) < 4.78 is 38.5. The Morgan fingerprint density at radius 1 is 0.842 bits per heavy atom. The maximum absolute atomic E-state index is 12.5. The molecule has 100 valence electrons. The highest BCUT2D eigenvalue weighted by atomic mass is 127. The molecule has 0 fully saturated rings. The second kappa shape index (κ2) is 5.50. The van der Waals surface area contributed by atoms with E-state index in [-0.39, 0.29) is 0 Å². The first kappa shape index (κ1) is 14.3. The van der Waals surface area contributed by atoms with Gasteiger partial charge in [0.1, 0.15) is 0 Å². The minimum Gasteiger partial charge on any atom is -0.320 e. The third-order valence-corrected chi connectivity index (χ3v) is 3.55. The first-order chi connectivity index (χ1) is 8.88. The monoisotopic (exact) mass is 377 g/mol. The van der Waals surface area contributed by atoms with Gasteiger partial charge in [0.05, 0.1) is 11.6 Å². The van der Waals surface area contributed by atoms with Crippen molar-refractivity contribution < 1.29 is 13.2 Å². The van der Waals surface area contributed by atoms with Crippen LogP contribution in [0.4, 0.5) is 13.2 Å². The Balaban J connectivity index is 2.25. The molecule has 0 heterocycles. The maximum atomic E-state index is 12.5. The van der Waals surface area contributed by atoms with Crippen LogP contribution in [0, 0.1) is 3.57 Å². The fourth-order valence-corrected chi connectivity index (χ4v) is 2.10. The van der Waals surface area contributed by atoms with Gasteiger partial charge >= 0.3 is 6.18 Å². The Morgan fingerprint density at radius 2 is 1.26 bits per heavy atom. The van der Waals surface area contributed by atoms with Crippen molar-refractivity contribution in [3.05, 3.63) is 68.8 Å². The Morgan fingerprint density at radius 3 is 1.68 bits per heavy atom. The van der Waals surface area contributed by atoms with Gasteiger partial charge in [0.15, 0.2) is 0 Å². The van der Waals surface area contributed by atoms with Gasteiger partial charge in [-0.2, -0.15) is 13.2 Å². The molecule has 0 spiro atoms. The van der Waals surface area contributed by atoms with Gasteiger partial charge in [-0.15, -0.1) is 0 Å². The highest BCUT2D eigenvalue weighted by molar-refractivity contribution is 14.1. The van der Waals surface area contributed by atoms with Crippen molar-refractivity contribution in [2.45, 2.75) is 12.2 Å². The van der Waals surface area contributed by atoms with E-state index in [1.54, 1.807) is 0 Å². The summed E-state index contributed by atoms with van der Waals surface area (Å²) in [5, 5.41) is 0. The lowest BCUT2D eigenvalue weighted by molar-refractivity contribution is -0.137. The van der Waals surface area contributed by atoms with E-state index in [0.717, 1.165) is 21.3 Å². The Hall–Kier alpha value is -1.08. The summed E-state index contributed by atoms with van der Waals surface area (Å²) in [6.07, 6.45) is -4.31. The first-order valence-electron chi connectivity index (χ1n) is 5.56. The molecule has 0 radical (unpaired) electrons. The number of nitrogens with two attached hydrogens (primary N) is 1. The zero-order valence-electron chi connectivity index (χ0n) is 9.79. The number of benzene rings is 2. The number of hydrogen-bond acceptors (Lipinski definition) is 1. The molecule has 1 atom stereocenters. The molecule has 0 aliphatic carbocycles. The average Bonchev–Trinajstić information content (AvgIpc) is 2.38. The van der Waals surface area contributed by atoms with Gasteiger partial charge in [-0.05, 0) is 58.0 Å². The van der Waals surface area contributed by atoms with E-state index >= 15 is 0 Å². The smallest absolute Gasteiger partial charge is 0.320 e. The predicted octanol–water partition coefficient (Wildman–Crippen LogP) is 4.36. The van der Waals surface area contributed by atoms with E-state index < -0.39 is 17.8 Å². The average molecular weight is 377 g/mol. The Labute approximate surface area is 122 Å². The van der Waals surface area contributed by atoms with Crippen molar-refractivity contribution in [3.63, 3.8) is 0 Å². The van der Waals surface area contributed by atoms with Crippen LogP contribution < -0.4 is 5.73 Å². The van der Waals surface area contributed by atoms with Gasteiger partial charge in [-0.25, -0.2) is 0 Å². The van der Waals surface area contributed by atoms with Crippen molar-refractivity contribution in [3.8, 4) is 0 Å². The quantitative estimate of drug-likeness (QED) is 0.774. The van der Waals surface area contributed by atoms with Crippen LogP contribution in [0.5, 0.6) is 0 Å². The number of halogens is 4. The molecule has 0 aliphatic heterocycles. The van der Waals surface area contributed by atoms with Gasteiger partial charge < -0.3 is 5.73 Å². The molecule has 1 unspecified atom stereocenters. The lowest BCUT2D eigenvalue weighted by Crippen LogP contribution is -2.12. The van der Waals surface area contributed by atoms with Crippen LogP contribution in [0.3, 0.4) is 0 Å². The van der Waals surface area contributed by atoms with Crippen molar-refractivity contribution in [1.82, 2.24) is 0 Å². The van der Waals surface area contributed by atoms with Gasteiger partial charge in [0, 0.05) is 3.57 Å². The van der Waals surface area contributed by atoms with E-state index in [1.807, 2.05) is 24.3 Å². The van der Waals surface area contributed by atoms with Crippen molar-refractivity contribution in [1.29, 1.82) is 0 Å². The number of hydrogen-bond donors (Lipinski definition) is 1. The molecule has 0 aliphatic rings. The SMILES string of the molecule is NC(c1ccc(I)cc1)c1ccc(C(F)(F)F)cc1. The minimum atomic E-state index is -4.31. The van der Waals surface area contributed by atoms with Gasteiger partial charge in [0.2, 0.25) is 0 Å². The zero-order valence-corrected chi connectivity index (χ0v) is 11.9. The molecule has 2 N–H and O–H groups in total. The standard InChI is InChI=1S/C14H11F3IN/c15-14(16,17)11-5-1-9(2-6-11)13(19)10-3-7-12(18)8-4-10/h1-8,13H,19H2. The maximum Gasteiger partial charge on any atom is 0.416 e. The summed E-state index contributed by atoms with van der Waals surface area (Å²) in [5.41, 5.74) is 6.92. The molecular formula is C14H11F3IN. The molecule has 0 bridgehead atoms. The predicted molar refractivity (Wildman–Crippen MR) is 76.6 cm³/mol. The number of rotatable bonds is 2. The zero-order chi connectivity index (χ0) is 14.0. The third-order valence-electron chi connectivity index (χ3n) is 2.83. The molecular weight excluding hydrogens is 366 g/mol. The lowest BCUT2D eigenvalue weighted by atomic mass is 9.98.